The molecule has 3 N–H and O–H groups in total. The van der Waals surface area contributed by atoms with E-state index in [1.54, 1.807) is 18.2 Å². The van der Waals surface area contributed by atoms with Crippen LogP contribution in [-0.4, -0.2) is 18.1 Å². The second-order valence-corrected chi connectivity index (χ2v) is 4.85. The van der Waals surface area contributed by atoms with Crippen molar-refractivity contribution >= 4 is 11.6 Å². The molecular weight excluding hydrogens is 228 g/mol. The number of nitrogens with two attached hydrogens (primary N) is 1. The van der Waals surface area contributed by atoms with Crippen LogP contribution in [0, 0.1) is 0 Å². The van der Waals surface area contributed by atoms with Crippen LogP contribution in [0.3, 0.4) is 0 Å². The third kappa shape index (κ3) is 3.39. The van der Waals surface area contributed by atoms with Crippen molar-refractivity contribution in [3.05, 3.63) is 23.8 Å². The quantitative estimate of drug-likeness (QED) is 0.789. The fourth-order valence-corrected chi connectivity index (χ4v) is 1.50. The molecule has 4 nitrogen and oxygen atoms in total. The number of nitrogen functional groups attached to an aromatic ring is 1. The molecule has 0 unspecified atom stereocenters. The molecule has 0 saturated carbocycles. The van der Waals surface area contributed by atoms with Gasteiger partial charge in [-0.3, -0.25) is 4.79 Å². The third-order valence-corrected chi connectivity index (χ3v) is 2.91. The average Bonchev–Trinajstić information content (AvgIpc) is 2.31. The van der Waals surface area contributed by atoms with Crippen LogP contribution in [0.1, 0.15) is 44.5 Å². The number of hydrogen-bond donors (Lipinski definition) is 2. The molecule has 1 aromatic rings. The Balaban J connectivity index is 3.02. The molecule has 0 aliphatic heterocycles. The van der Waals surface area contributed by atoms with Gasteiger partial charge in [-0.15, -0.1) is 0 Å². The zero-order chi connectivity index (χ0) is 13.8. The number of carbonyl (C=O) groups is 1. The van der Waals surface area contributed by atoms with E-state index in [2.05, 4.69) is 5.32 Å². The molecule has 0 saturated heterocycles. The van der Waals surface area contributed by atoms with Crippen molar-refractivity contribution in [2.45, 2.75) is 39.7 Å². The topological polar surface area (TPSA) is 64.3 Å². The van der Waals surface area contributed by atoms with Crippen LogP contribution in [0.2, 0.25) is 0 Å². The molecule has 0 spiro atoms. The summed E-state index contributed by atoms with van der Waals surface area (Å²) in [6, 6.07) is 5.21. The van der Waals surface area contributed by atoms with Gasteiger partial charge in [0.1, 0.15) is 0 Å². The van der Waals surface area contributed by atoms with Gasteiger partial charge in [0.25, 0.3) is 5.91 Å². The molecule has 0 aliphatic carbocycles. The Morgan fingerprint density at radius 2 is 2.06 bits per heavy atom. The molecule has 0 aliphatic rings. The Morgan fingerprint density at radius 1 is 1.39 bits per heavy atom. The Bertz CT molecular complexity index is 428. The smallest absolute Gasteiger partial charge is 0.255 e. The summed E-state index contributed by atoms with van der Waals surface area (Å²) < 4.78 is 5.45. The fraction of sp³-hybridized carbons (Fsp3) is 0.500. The molecule has 4 heteroatoms. The van der Waals surface area contributed by atoms with E-state index in [0.29, 0.717) is 23.6 Å². The Morgan fingerprint density at radius 3 is 2.61 bits per heavy atom. The molecule has 0 atom stereocenters. The molecular formula is C14H22N2O2. The van der Waals surface area contributed by atoms with Crippen LogP contribution in [-0.2, 0) is 0 Å². The molecule has 18 heavy (non-hydrogen) atoms. The SMILES string of the molecule is CCOc1c(N)cccc1C(=O)NC(C)(C)CC. The number of ether oxygens (including phenoxy) is 1. The predicted molar refractivity (Wildman–Crippen MR) is 73.9 cm³/mol. The lowest BCUT2D eigenvalue weighted by Crippen LogP contribution is -2.42. The van der Waals surface area contributed by atoms with Crippen molar-refractivity contribution in [3.63, 3.8) is 0 Å². The fourth-order valence-electron chi connectivity index (χ4n) is 1.50. The number of para-hydroxylation sites is 1. The first-order chi connectivity index (χ1) is 8.41. The predicted octanol–water partition coefficient (Wildman–Crippen LogP) is 2.59. The van der Waals surface area contributed by atoms with E-state index >= 15 is 0 Å². The summed E-state index contributed by atoms with van der Waals surface area (Å²) in [6.45, 7) is 8.34. The van der Waals surface area contributed by atoms with E-state index in [1.807, 2.05) is 27.7 Å². The number of nitrogens with one attached hydrogen (secondary N) is 1. The molecule has 1 rings (SSSR count). The minimum Gasteiger partial charge on any atom is -0.491 e. The minimum atomic E-state index is -0.245. The Labute approximate surface area is 109 Å². The number of amides is 1. The number of carbonyl (C=O) groups excluding carboxylic acids is 1. The first-order valence-electron chi connectivity index (χ1n) is 6.25. The van der Waals surface area contributed by atoms with E-state index in [4.69, 9.17) is 10.5 Å². The summed E-state index contributed by atoms with van der Waals surface area (Å²) in [6.07, 6.45) is 0.852. The normalized spacial score (nSPS) is 11.1. The van der Waals surface area contributed by atoms with Gasteiger partial charge in [0.05, 0.1) is 17.9 Å². The van der Waals surface area contributed by atoms with Crippen molar-refractivity contribution in [1.29, 1.82) is 0 Å². The monoisotopic (exact) mass is 250 g/mol. The zero-order valence-corrected chi connectivity index (χ0v) is 11.5. The number of benzene rings is 1. The number of rotatable bonds is 5. The standard InChI is InChI=1S/C14H22N2O2/c1-5-14(3,4)16-13(17)10-8-7-9-11(15)12(10)18-6-2/h7-9H,5-6,15H2,1-4H3,(H,16,17). The van der Waals surface area contributed by atoms with Gasteiger partial charge in [0.15, 0.2) is 5.75 Å². The second kappa shape index (κ2) is 5.76. The number of anilines is 1. The second-order valence-electron chi connectivity index (χ2n) is 4.85. The van der Waals surface area contributed by atoms with Crippen molar-refractivity contribution < 1.29 is 9.53 Å². The van der Waals surface area contributed by atoms with E-state index in [1.165, 1.54) is 0 Å². The molecule has 1 amide bonds. The van der Waals surface area contributed by atoms with Crippen molar-refractivity contribution in [2.75, 3.05) is 12.3 Å². The Kier molecular flexibility index (Phi) is 4.59. The van der Waals surface area contributed by atoms with E-state index in [-0.39, 0.29) is 11.4 Å². The van der Waals surface area contributed by atoms with Crippen molar-refractivity contribution in [1.82, 2.24) is 5.32 Å². The molecule has 1 aromatic carbocycles. The summed E-state index contributed by atoms with van der Waals surface area (Å²) in [7, 11) is 0. The lowest BCUT2D eigenvalue weighted by molar-refractivity contribution is 0.0907. The van der Waals surface area contributed by atoms with E-state index in [9.17, 15) is 4.79 Å². The highest BCUT2D eigenvalue weighted by molar-refractivity contribution is 5.99. The highest BCUT2D eigenvalue weighted by atomic mass is 16.5. The summed E-state index contributed by atoms with van der Waals surface area (Å²) >= 11 is 0. The maximum absolute atomic E-state index is 12.2. The zero-order valence-electron chi connectivity index (χ0n) is 11.5. The van der Waals surface area contributed by atoms with Crippen molar-refractivity contribution in [3.8, 4) is 5.75 Å². The summed E-state index contributed by atoms with van der Waals surface area (Å²) in [5.74, 6) is 0.307. The molecule has 0 heterocycles. The summed E-state index contributed by atoms with van der Waals surface area (Å²) in [4.78, 5) is 12.2. The van der Waals surface area contributed by atoms with Crippen LogP contribution in [0.15, 0.2) is 18.2 Å². The van der Waals surface area contributed by atoms with Crippen LogP contribution < -0.4 is 15.8 Å². The highest BCUT2D eigenvalue weighted by Gasteiger charge is 2.22. The highest BCUT2D eigenvalue weighted by Crippen LogP contribution is 2.26. The van der Waals surface area contributed by atoms with Crippen LogP contribution in [0.25, 0.3) is 0 Å². The first-order valence-corrected chi connectivity index (χ1v) is 6.25. The maximum atomic E-state index is 12.2. The molecule has 0 radical (unpaired) electrons. The van der Waals surface area contributed by atoms with E-state index < -0.39 is 0 Å². The average molecular weight is 250 g/mol. The van der Waals surface area contributed by atoms with Crippen LogP contribution in [0.4, 0.5) is 5.69 Å². The largest absolute Gasteiger partial charge is 0.491 e. The van der Waals surface area contributed by atoms with Gasteiger partial charge in [0.2, 0.25) is 0 Å². The molecule has 0 aromatic heterocycles. The maximum Gasteiger partial charge on any atom is 0.255 e. The third-order valence-electron chi connectivity index (χ3n) is 2.91. The van der Waals surface area contributed by atoms with Gasteiger partial charge in [-0.25, -0.2) is 0 Å². The van der Waals surface area contributed by atoms with Gasteiger partial charge < -0.3 is 15.8 Å². The van der Waals surface area contributed by atoms with Crippen molar-refractivity contribution in [2.24, 2.45) is 0 Å². The van der Waals surface area contributed by atoms with Gasteiger partial charge in [-0.05, 0) is 39.3 Å². The Hall–Kier alpha value is -1.71. The molecule has 0 fully saturated rings. The van der Waals surface area contributed by atoms with Crippen LogP contribution in [0.5, 0.6) is 5.75 Å². The number of hydrogen-bond acceptors (Lipinski definition) is 3. The van der Waals surface area contributed by atoms with Gasteiger partial charge >= 0.3 is 0 Å². The van der Waals surface area contributed by atoms with Gasteiger partial charge in [-0.1, -0.05) is 13.0 Å². The van der Waals surface area contributed by atoms with Crippen LogP contribution >= 0.6 is 0 Å². The summed E-state index contributed by atoms with van der Waals surface area (Å²) in [5.41, 5.74) is 6.56. The van der Waals surface area contributed by atoms with Gasteiger partial charge in [0, 0.05) is 5.54 Å². The summed E-state index contributed by atoms with van der Waals surface area (Å²) in [5, 5.41) is 2.97. The molecule has 100 valence electrons. The lowest BCUT2D eigenvalue weighted by Gasteiger charge is -2.25. The first kappa shape index (κ1) is 14.4. The minimum absolute atomic E-state index is 0.155. The van der Waals surface area contributed by atoms with Gasteiger partial charge in [-0.2, -0.15) is 0 Å². The van der Waals surface area contributed by atoms with E-state index in [0.717, 1.165) is 6.42 Å². The lowest BCUT2D eigenvalue weighted by atomic mass is 10.0. The molecule has 0 bridgehead atoms.